The Balaban J connectivity index is 1.43. The Morgan fingerprint density at radius 3 is 2.19 bits per heavy atom. The van der Waals surface area contributed by atoms with Gasteiger partial charge in [0.15, 0.2) is 0 Å². The van der Waals surface area contributed by atoms with Crippen LogP contribution in [0.3, 0.4) is 0 Å². The lowest BCUT2D eigenvalue weighted by atomic mass is 10.1. The Kier molecular flexibility index (Phi) is 4.42. The number of ketones is 1. The van der Waals surface area contributed by atoms with E-state index in [0.29, 0.717) is 42.6 Å². The van der Waals surface area contributed by atoms with Gasteiger partial charge in [-0.2, -0.15) is 5.10 Å². The van der Waals surface area contributed by atoms with E-state index in [2.05, 4.69) is 10.2 Å². The number of para-hydroxylation sites is 1. The number of piperazine rings is 1. The van der Waals surface area contributed by atoms with E-state index in [0.717, 1.165) is 0 Å². The van der Waals surface area contributed by atoms with Gasteiger partial charge >= 0.3 is 0 Å². The maximum atomic E-state index is 12.6. The lowest BCUT2D eigenvalue weighted by Crippen LogP contribution is -2.52. The smallest absolute Gasteiger partial charge is 0.296 e. The summed E-state index contributed by atoms with van der Waals surface area (Å²) in [5.41, 5.74) is 1.47. The fourth-order valence-corrected chi connectivity index (χ4v) is 3.26. The molecule has 27 heavy (non-hydrogen) atoms. The number of benzene rings is 2. The summed E-state index contributed by atoms with van der Waals surface area (Å²) in [6.45, 7) is 1.44. The van der Waals surface area contributed by atoms with Crippen LogP contribution in [-0.2, 0) is 4.79 Å². The largest absolute Gasteiger partial charge is 0.335 e. The van der Waals surface area contributed by atoms with Crippen molar-refractivity contribution in [2.75, 3.05) is 26.2 Å². The molecule has 136 valence electrons. The molecule has 1 aliphatic rings. The molecule has 1 fully saturated rings. The van der Waals surface area contributed by atoms with E-state index < -0.39 is 11.7 Å². The number of carbonyl (C=O) groups excluding carboxylic acids is 3. The number of aromatic amines is 1. The third-order valence-electron chi connectivity index (χ3n) is 4.75. The van der Waals surface area contributed by atoms with E-state index in [1.165, 1.54) is 4.90 Å². The highest BCUT2D eigenvalue weighted by Gasteiger charge is 2.30. The second-order valence-electron chi connectivity index (χ2n) is 6.40. The van der Waals surface area contributed by atoms with E-state index in [1.807, 2.05) is 24.3 Å². The van der Waals surface area contributed by atoms with Crippen molar-refractivity contribution in [1.82, 2.24) is 20.0 Å². The topological polar surface area (TPSA) is 86.4 Å². The van der Waals surface area contributed by atoms with Gasteiger partial charge in [0, 0.05) is 37.1 Å². The summed E-state index contributed by atoms with van der Waals surface area (Å²) >= 11 is 0. The van der Waals surface area contributed by atoms with Crippen molar-refractivity contribution in [3.8, 4) is 0 Å². The summed E-state index contributed by atoms with van der Waals surface area (Å²) in [6.07, 6.45) is 0. The molecular weight excluding hydrogens is 344 g/mol. The number of nitrogens with one attached hydrogen (secondary N) is 1. The molecule has 1 N–H and O–H groups in total. The number of H-pyrrole nitrogens is 1. The Morgan fingerprint density at radius 1 is 0.815 bits per heavy atom. The Bertz CT molecular complexity index is 1000. The van der Waals surface area contributed by atoms with Crippen LogP contribution in [0.25, 0.3) is 10.9 Å². The van der Waals surface area contributed by atoms with E-state index >= 15 is 0 Å². The minimum atomic E-state index is -0.629. The molecule has 7 heteroatoms. The summed E-state index contributed by atoms with van der Waals surface area (Å²) < 4.78 is 0. The molecular formula is C20H18N4O3. The van der Waals surface area contributed by atoms with Crippen LogP contribution >= 0.6 is 0 Å². The Labute approximate surface area is 155 Å². The van der Waals surface area contributed by atoms with Crippen LogP contribution in [0.4, 0.5) is 0 Å². The SMILES string of the molecule is O=C(C(=O)N1CCN(C(=O)c2ccccc2)CC1)c1n[nH]c2ccccc12. The van der Waals surface area contributed by atoms with Gasteiger partial charge in [0.25, 0.3) is 17.6 Å². The van der Waals surface area contributed by atoms with Crippen molar-refractivity contribution in [3.05, 3.63) is 65.9 Å². The molecule has 0 saturated carbocycles. The first-order valence-electron chi connectivity index (χ1n) is 8.76. The monoisotopic (exact) mass is 362 g/mol. The molecule has 0 bridgehead atoms. The van der Waals surface area contributed by atoms with Crippen molar-refractivity contribution in [2.24, 2.45) is 0 Å². The first-order chi connectivity index (χ1) is 13.1. The summed E-state index contributed by atoms with van der Waals surface area (Å²) in [4.78, 5) is 40.9. The van der Waals surface area contributed by atoms with Gasteiger partial charge in [-0.05, 0) is 18.2 Å². The Morgan fingerprint density at radius 2 is 1.44 bits per heavy atom. The normalized spacial score (nSPS) is 14.4. The zero-order valence-electron chi connectivity index (χ0n) is 14.6. The van der Waals surface area contributed by atoms with Gasteiger partial charge in [0.1, 0.15) is 5.69 Å². The summed E-state index contributed by atoms with van der Waals surface area (Å²) in [7, 11) is 0. The highest BCUT2D eigenvalue weighted by atomic mass is 16.2. The molecule has 1 aromatic heterocycles. The average Bonchev–Trinajstić information content (AvgIpc) is 3.17. The number of Topliss-reactive ketones (excluding diaryl/α,β-unsaturated/α-hetero) is 1. The summed E-state index contributed by atoms with van der Waals surface area (Å²) in [5.74, 6) is -1.28. The van der Waals surface area contributed by atoms with Gasteiger partial charge in [-0.25, -0.2) is 0 Å². The van der Waals surface area contributed by atoms with Gasteiger partial charge in [0.05, 0.1) is 5.52 Å². The molecule has 1 aliphatic heterocycles. The predicted molar refractivity (Wildman–Crippen MR) is 99.3 cm³/mol. The van der Waals surface area contributed by atoms with Crippen LogP contribution in [0.5, 0.6) is 0 Å². The molecule has 0 spiro atoms. The number of aromatic nitrogens is 2. The molecule has 1 saturated heterocycles. The second kappa shape index (κ2) is 7.03. The highest BCUT2D eigenvalue weighted by Crippen LogP contribution is 2.17. The van der Waals surface area contributed by atoms with Gasteiger partial charge < -0.3 is 9.80 Å². The second-order valence-corrected chi connectivity index (χ2v) is 6.40. The number of amides is 2. The highest BCUT2D eigenvalue weighted by molar-refractivity contribution is 6.44. The summed E-state index contributed by atoms with van der Waals surface area (Å²) in [6, 6.07) is 16.2. The standard InChI is InChI=1S/C20H18N4O3/c25-18(17-15-8-4-5-9-16(15)21-22-17)20(27)24-12-10-23(11-13-24)19(26)14-6-2-1-3-7-14/h1-9H,10-13H2,(H,21,22). The third-order valence-corrected chi connectivity index (χ3v) is 4.75. The zero-order chi connectivity index (χ0) is 18.8. The number of fused-ring (bicyclic) bond motifs is 1. The number of hydrogen-bond donors (Lipinski definition) is 1. The average molecular weight is 362 g/mol. The molecule has 2 heterocycles. The maximum absolute atomic E-state index is 12.6. The van der Waals surface area contributed by atoms with Crippen molar-refractivity contribution < 1.29 is 14.4 Å². The number of nitrogens with zero attached hydrogens (tertiary/aromatic N) is 3. The first kappa shape index (κ1) is 17.0. The van der Waals surface area contributed by atoms with Crippen LogP contribution in [0.15, 0.2) is 54.6 Å². The first-order valence-corrected chi connectivity index (χ1v) is 8.76. The molecule has 0 radical (unpaired) electrons. The molecule has 0 aliphatic carbocycles. The molecule has 0 atom stereocenters. The van der Waals surface area contributed by atoms with E-state index in [4.69, 9.17) is 0 Å². The molecule has 3 aromatic rings. The predicted octanol–water partition coefficient (Wildman–Crippen LogP) is 1.73. The molecule has 4 rings (SSSR count). The number of hydrogen-bond acceptors (Lipinski definition) is 4. The van der Waals surface area contributed by atoms with Crippen LogP contribution < -0.4 is 0 Å². The van der Waals surface area contributed by atoms with E-state index in [-0.39, 0.29) is 11.6 Å². The fraction of sp³-hybridized carbons (Fsp3) is 0.200. The quantitative estimate of drug-likeness (QED) is 0.568. The third kappa shape index (κ3) is 3.19. The molecule has 2 aromatic carbocycles. The summed E-state index contributed by atoms with van der Waals surface area (Å²) in [5, 5.41) is 7.41. The fourth-order valence-electron chi connectivity index (χ4n) is 3.26. The van der Waals surface area contributed by atoms with Gasteiger partial charge in [0.2, 0.25) is 0 Å². The van der Waals surface area contributed by atoms with Crippen LogP contribution in [0.2, 0.25) is 0 Å². The van der Waals surface area contributed by atoms with Gasteiger partial charge in [-0.15, -0.1) is 0 Å². The minimum absolute atomic E-state index is 0.0627. The molecule has 0 unspecified atom stereocenters. The van der Waals surface area contributed by atoms with Crippen molar-refractivity contribution in [1.29, 1.82) is 0 Å². The maximum Gasteiger partial charge on any atom is 0.296 e. The number of carbonyl (C=O) groups is 3. The zero-order valence-corrected chi connectivity index (χ0v) is 14.6. The van der Waals surface area contributed by atoms with Gasteiger partial charge in [-0.1, -0.05) is 36.4 Å². The molecule has 7 nitrogen and oxygen atoms in total. The minimum Gasteiger partial charge on any atom is -0.335 e. The van der Waals surface area contributed by atoms with Crippen LogP contribution in [-0.4, -0.2) is 63.8 Å². The van der Waals surface area contributed by atoms with Crippen molar-refractivity contribution in [2.45, 2.75) is 0 Å². The lowest BCUT2D eigenvalue weighted by Gasteiger charge is -2.34. The van der Waals surface area contributed by atoms with Crippen molar-refractivity contribution in [3.63, 3.8) is 0 Å². The van der Waals surface area contributed by atoms with Crippen molar-refractivity contribution >= 4 is 28.5 Å². The lowest BCUT2D eigenvalue weighted by molar-refractivity contribution is -0.127. The molecule has 2 amide bonds. The van der Waals surface area contributed by atoms with E-state index in [9.17, 15) is 14.4 Å². The number of rotatable bonds is 3. The Hall–Kier alpha value is -3.48. The van der Waals surface area contributed by atoms with Gasteiger partial charge in [-0.3, -0.25) is 19.5 Å². The van der Waals surface area contributed by atoms with Crippen LogP contribution in [0, 0.1) is 0 Å². The van der Waals surface area contributed by atoms with Crippen LogP contribution in [0.1, 0.15) is 20.8 Å². The van der Waals surface area contributed by atoms with E-state index in [1.54, 1.807) is 35.2 Å².